The third kappa shape index (κ3) is 3.99. The average Bonchev–Trinajstić information content (AvgIpc) is 2.37. The highest BCUT2D eigenvalue weighted by Gasteiger charge is 2.14. The lowest BCUT2D eigenvalue weighted by Gasteiger charge is -2.25. The van der Waals surface area contributed by atoms with E-state index in [1.165, 1.54) is 30.4 Å². The van der Waals surface area contributed by atoms with Gasteiger partial charge in [-0.15, -0.1) is 0 Å². The fraction of sp³-hybridized carbons (Fsp3) is 0.588. The molecule has 0 saturated carbocycles. The fourth-order valence-electron chi connectivity index (χ4n) is 2.87. The maximum Gasteiger partial charge on any atom is 0.241 e. The predicted octanol–water partition coefficient (Wildman–Crippen LogP) is 3.51. The number of para-hydroxylation sites is 1. The van der Waals surface area contributed by atoms with Crippen LogP contribution in [0.3, 0.4) is 0 Å². The third-order valence-electron chi connectivity index (χ3n) is 4.11. The molecule has 3 nitrogen and oxygen atoms in total. The molecule has 1 amide bonds. The summed E-state index contributed by atoms with van der Waals surface area (Å²) in [7, 11) is 0. The minimum atomic E-state index is 0.231. The van der Waals surface area contributed by atoms with Gasteiger partial charge in [0.2, 0.25) is 5.91 Å². The molecule has 2 rings (SSSR count). The molecular weight excluding hydrogens is 248 g/mol. The molecule has 1 saturated heterocycles. The quantitative estimate of drug-likeness (QED) is 0.915. The Balaban J connectivity index is 1.90. The SMILES string of the molecule is Cc1cccc(C)c1NCC(=O)N1CCCCCCC1. The molecule has 20 heavy (non-hydrogen) atoms. The van der Waals surface area contributed by atoms with Crippen molar-refractivity contribution >= 4 is 11.6 Å². The molecule has 110 valence electrons. The Labute approximate surface area is 122 Å². The van der Waals surface area contributed by atoms with E-state index in [1.807, 2.05) is 4.90 Å². The van der Waals surface area contributed by atoms with Crippen LogP contribution in [0.5, 0.6) is 0 Å². The number of aryl methyl sites for hydroxylation is 2. The van der Waals surface area contributed by atoms with Crippen molar-refractivity contribution in [3.8, 4) is 0 Å². The van der Waals surface area contributed by atoms with Gasteiger partial charge in [-0.3, -0.25) is 4.79 Å². The van der Waals surface area contributed by atoms with Crippen LogP contribution in [0.15, 0.2) is 18.2 Å². The van der Waals surface area contributed by atoms with Crippen molar-refractivity contribution in [3.05, 3.63) is 29.3 Å². The molecule has 0 bridgehead atoms. The van der Waals surface area contributed by atoms with Gasteiger partial charge < -0.3 is 10.2 Å². The van der Waals surface area contributed by atoms with Crippen molar-refractivity contribution in [1.82, 2.24) is 4.90 Å². The molecule has 0 atom stereocenters. The highest BCUT2D eigenvalue weighted by molar-refractivity contribution is 5.81. The Hall–Kier alpha value is -1.51. The van der Waals surface area contributed by atoms with E-state index in [1.54, 1.807) is 0 Å². The molecule has 0 unspecified atom stereocenters. The van der Waals surface area contributed by atoms with Crippen LogP contribution in [0, 0.1) is 13.8 Å². The normalized spacial score (nSPS) is 16.4. The molecule has 1 aliphatic rings. The van der Waals surface area contributed by atoms with Crippen molar-refractivity contribution in [2.75, 3.05) is 25.0 Å². The van der Waals surface area contributed by atoms with E-state index < -0.39 is 0 Å². The summed E-state index contributed by atoms with van der Waals surface area (Å²) in [5.41, 5.74) is 3.50. The largest absolute Gasteiger partial charge is 0.376 e. The van der Waals surface area contributed by atoms with Crippen molar-refractivity contribution in [3.63, 3.8) is 0 Å². The number of benzene rings is 1. The first-order valence-corrected chi connectivity index (χ1v) is 7.76. The molecule has 1 N–H and O–H groups in total. The van der Waals surface area contributed by atoms with Crippen LogP contribution in [0.2, 0.25) is 0 Å². The number of anilines is 1. The Morgan fingerprint density at radius 1 is 1.05 bits per heavy atom. The average molecular weight is 274 g/mol. The molecule has 1 fully saturated rings. The molecule has 3 heteroatoms. The summed E-state index contributed by atoms with van der Waals surface area (Å²) in [6.07, 6.45) is 6.13. The summed E-state index contributed by atoms with van der Waals surface area (Å²) in [5, 5.41) is 3.32. The van der Waals surface area contributed by atoms with Gasteiger partial charge in [-0.2, -0.15) is 0 Å². The molecular formula is C17H26N2O. The molecule has 0 aliphatic carbocycles. The van der Waals surface area contributed by atoms with Crippen molar-refractivity contribution in [2.24, 2.45) is 0 Å². The zero-order valence-corrected chi connectivity index (χ0v) is 12.7. The van der Waals surface area contributed by atoms with E-state index in [0.29, 0.717) is 6.54 Å². The van der Waals surface area contributed by atoms with Crippen LogP contribution >= 0.6 is 0 Å². The number of hydrogen-bond donors (Lipinski definition) is 1. The molecule has 1 aromatic rings. The number of nitrogens with one attached hydrogen (secondary N) is 1. The van der Waals surface area contributed by atoms with Crippen LogP contribution in [0.1, 0.15) is 43.2 Å². The van der Waals surface area contributed by atoms with Gasteiger partial charge in [0.1, 0.15) is 0 Å². The zero-order valence-electron chi connectivity index (χ0n) is 12.7. The lowest BCUT2D eigenvalue weighted by atomic mass is 10.1. The van der Waals surface area contributed by atoms with E-state index in [9.17, 15) is 4.79 Å². The molecule has 1 heterocycles. The minimum Gasteiger partial charge on any atom is -0.376 e. The van der Waals surface area contributed by atoms with Crippen molar-refractivity contribution in [1.29, 1.82) is 0 Å². The maximum absolute atomic E-state index is 12.3. The zero-order chi connectivity index (χ0) is 14.4. The predicted molar refractivity (Wildman–Crippen MR) is 84.1 cm³/mol. The summed E-state index contributed by atoms with van der Waals surface area (Å²) in [6.45, 7) is 6.41. The third-order valence-corrected chi connectivity index (χ3v) is 4.11. The Kier molecular flexibility index (Phi) is 5.45. The summed E-state index contributed by atoms with van der Waals surface area (Å²) in [4.78, 5) is 14.4. The number of rotatable bonds is 3. The monoisotopic (exact) mass is 274 g/mol. The van der Waals surface area contributed by atoms with Crippen LogP contribution < -0.4 is 5.32 Å². The smallest absolute Gasteiger partial charge is 0.241 e. The van der Waals surface area contributed by atoms with E-state index in [-0.39, 0.29) is 5.91 Å². The van der Waals surface area contributed by atoms with Gasteiger partial charge in [0.05, 0.1) is 6.54 Å². The van der Waals surface area contributed by atoms with Gasteiger partial charge >= 0.3 is 0 Å². The summed E-state index contributed by atoms with van der Waals surface area (Å²) < 4.78 is 0. The number of carbonyl (C=O) groups excluding carboxylic acids is 1. The van der Waals surface area contributed by atoms with Crippen molar-refractivity contribution in [2.45, 2.75) is 46.0 Å². The Bertz CT molecular complexity index is 428. The van der Waals surface area contributed by atoms with Gasteiger partial charge in [0.25, 0.3) is 0 Å². The van der Waals surface area contributed by atoms with E-state index in [0.717, 1.165) is 31.6 Å². The molecule has 0 radical (unpaired) electrons. The number of likely N-dealkylation sites (tertiary alicyclic amines) is 1. The van der Waals surface area contributed by atoms with E-state index in [2.05, 4.69) is 37.4 Å². The molecule has 0 aromatic heterocycles. The standard InChI is InChI=1S/C17H26N2O/c1-14-9-8-10-15(2)17(14)18-13-16(20)19-11-6-4-3-5-7-12-19/h8-10,18H,3-7,11-13H2,1-2H3. The van der Waals surface area contributed by atoms with Crippen LogP contribution in [-0.4, -0.2) is 30.4 Å². The van der Waals surface area contributed by atoms with Crippen LogP contribution in [-0.2, 0) is 4.79 Å². The van der Waals surface area contributed by atoms with E-state index >= 15 is 0 Å². The number of amides is 1. The van der Waals surface area contributed by atoms with E-state index in [4.69, 9.17) is 0 Å². The number of hydrogen-bond acceptors (Lipinski definition) is 2. The van der Waals surface area contributed by atoms with Gasteiger partial charge in [-0.05, 0) is 37.8 Å². The first-order valence-electron chi connectivity index (χ1n) is 7.76. The Morgan fingerprint density at radius 3 is 2.20 bits per heavy atom. The lowest BCUT2D eigenvalue weighted by molar-refractivity contribution is -0.129. The minimum absolute atomic E-state index is 0.231. The fourth-order valence-corrected chi connectivity index (χ4v) is 2.87. The summed E-state index contributed by atoms with van der Waals surface area (Å²) >= 11 is 0. The van der Waals surface area contributed by atoms with Gasteiger partial charge in [-0.25, -0.2) is 0 Å². The molecule has 1 aliphatic heterocycles. The van der Waals surface area contributed by atoms with Crippen LogP contribution in [0.4, 0.5) is 5.69 Å². The van der Waals surface area contributed by atoms with Crippen LogP contribution in [0.25, 0.3) is 0 Å². The highest BCUT2D eigenvalue weighted by Crippen LogP contribution is 2.19. The topological polar surface area (TPSA) is 32.3 Å². The van der Waals surface area contributed by atoms with Gasteiger partial charge in [0, 0.05) is 18.8 Å². The highest BCUT2D eigenvalue weighted by atomic mass is 16.2. The lowest BCUT2D eigenvalue weighted by Crippen LogP contribution is -2.37. The summed E-state index contributed by atoms with van der Waals surface area (Å²) in [6, 6.07) is 6.21. The number of nitrogens with zero attached hydrogens (tertiary/aromatic N) is 1. The second-order valence-corrected chi connectivity index (χ2v) is 5.77. The first-order chi connectivity index (χ1) is 9.68. The summed E-state index contributed by atoms with van der Waals surface area (Å²) in [5.74, 6) is 0.231. The second kappa shape index (κ2) is 7.32. The second-order valence-electron chi connectivity index (χ2n) is 5.77. The number of carbonyl (C=O) groups is 1. The molecule has 0 spiro atoms. The maximum atomic E-state index is 12.3. The van der Waals surface area contributed by atoms with Gasteiger partial charge in [-0.1, -0.05) is 37.5 Å². The first kappa shape index (κ1) is 14.9. The Morgan fingerprint density at radius 2 is 1.60 bits per heavy atom. The van der Waals surface area contributed by atoms with Crippen molar-refractivity contribution < 1.29 is 4.79 Å². The van der Waals surface area contributed by atoms with Gasteiger partial charge in [0.15, 0.2) is 0 Å². The molecule has 1 aromatic carbocycles.